The maximum atomic E-state index is 10.6. The number of nitrogens with zero attached hydrogens (tertiary/aromatic N) is 2. The van der Waals surface area contributed by atoms with E-state index in [1.165, 1.54) is 12.1 Å². The second-order valence-electron chi connectivity index (χ2n) is 5.05. The molecule has 1 N–H and O–H groups in total. The van der Waals surface area contributed by atoms with Crippen molar-refractivity contribution in [2.24, 2.45) is 5.10 Å². The van der Waals surface area contributed by atoms with Gasteiger partial charge in [-0.15, -0.1) is 0 Å². The highest BCUT2D eigenvalue weighted by atomic mass is 16.6. The molecule has 120 valence electrons. The normalized spacial score (nSPS) is 12.1. The third-order valence-corrected chi connectivity index (χ3v) is 3.30. The number of nitro benzene ring substituents is 1. The van der Waals surface area contributed by atoms with Gasteiger partial charge < -0.3 is 4.74 Å². The van der Waals surface area contributed by atoms with Crippen molar-refractivity contribution in [1.82, 2.24) is 0 Å². The van der Waals surface area contributed by atoms with Gasteiger partial charge in [-0.1, -0.05) is 19.1 Å². The summed E-state index contributed by atoms with van der Waals surface area (Å²) in [6, 6.07) is 13.7. The molecule has 0 saturated carbocycles. The molecule has 6 nitrogen and oxygen atoms in total. The lowest BCUT2D eigenvalue weighted by atomic mass is 10.2. The van der Waals surface area contributed by atoms with E-state index in [-0.39, 0.29) is 11.8 Å². The van der Waals surface area contributed by atoms with Crippen LogP contribution in [-0.4, -0.2) is 17.2 Å². The van der Waals surface area contributed by atoms with E-state index >= 15 is 0 Å². The fraction of sp³-hybridized carbons (Fsp3) is 0.235. The van der Waals surface area contributed by atoms with Gasteiger partial charge in [-0.3, -0.25) is 15.5 Å². The van der Waals surface area contributed by atoms with Crippen molar-refractivity contribution in [2.75, 3.05) is 5.43 Å². The maximum Gasteiger partial charge on any atom is 0.269 e. The summed E-state index contributed by atoms with van der Waals surface area (Å²) >= 11 is 0. The van der Waals surface area contributed by atoms with E-state index in [0.29, 0.717) is 5.69 Å². The number of rotatable bonds is 7. The van der Waals surface area contributed by atoms with Gasteiger partial charge in [-0.2, -0.15) is 5.10 Å². The molecule has 0 saturated heterocycles. The number of hydrogen-bond acceptors (Lipinski definition) is 5. The summed E-state index contributed by atoms with van der Waals surface area (Å²) in [6.45, 7) is 4.08. The molecule has 0 amide bonds. The molecule has 0 aliphatic heterocycles. The van der Waals surface area contributed by atoms with Gasteiger partial charge in [0.05, 0.1) is 22.9 Å². The zero-order valence-electron chi connectivity index (χ0n) is 13.1. The molecule has 0 aromatic heterocycles. The third-order valence-electron chi connectivity index (χ3n) is 3.30. The molecular formula is C17H19N3O3. The molecular weight excluding hydrogens is 294 g/mol. The Labute approximate surface area is 134 Å². The van der Waals surface area contributed by atoms with Crippen LogP contribution in [0.1, 0.15) is 25.8 Å². The van der Waals surface area contributed by atoms with Gasteiger partial charge in [0.2, 0.25) is 0 Å². The van der Waals surface area contributed by atoms with Gasteiger partial charge in [-0.25, -0.2) is 0 Å². The average molecular weight is 313 g/mol. The summed E-state index contributed by atoms with van der Waals surface area (Å²) in [7, 11) is 0. The van der Waals surface area contributed by atoms with Crippen LogP contribution in [-0.2, 0) is 0 Å². The Kier molecular flexibility index (Phi) is 5.68. The number of hydrogen-bond donors (Lipinski definition) is 1. The lowest BCUT2D eigenvalue weighted by Crippen LogP contribution is -2.11. The summed E-state index contributed by atoms with van der Waals surface area (Å²) in [5.74, 6) is 0.774. The Morgan fingerprint density at radius 2 is 1.96 bits per heavy atom. The van der Waals surface area contributed by atoms with Crippen molar-refractivity contribution in [3.05, 3.63) is 64.2 Å². The first-order chi connectivity index (χ1) is 11.1. The molecule has 1 unspecified atom stereocenters. The van der Waals surface area contributed by atoms with Crippen molar-refractivity contribution >= 4 is 17.6 Å². The predicted molar refractivity (Wildman–Crippen MR) is 91.1 cm³/mol. The van der Waals surface area contributed by atoms with Gasteiger partial charge >= 0.3 is 0 Å². The molecule has 0 aliphatic carbocycles. The van der Waals surface area contributed by atoms with Gasteiger partial charge in [0.15, 0.2) is 0 Å². The highest BCUT2D eigenvalue weighted by Gasteiger charge is 2.05. The van der Waals surface area contributed by atoms with E-state index in [0.717, 1.165) is 17.7 Å². The molecule has 0 heterocycles. The van der Waals surface area contributed by atoms with Crippen molar-refractivity contribution in [2.45, 2.75) is 26.4 Å². The Hall–Kier alpha value is -2.89. The van der Waals surface area contributed by atoms with Gasteiger partial charge in [0.25, 0.3) is 5.69 Å². The third kappa shape index (κ3) is 4.81. The van der Waals surface area contributed by atoms with Gasteiger partial charge in [-0.05, 0) is 37.6 Å². The Morgan fingerprint density at radius 3 is 2.61 bits per heavy atom. The zero-order valence-corrected chi connectivity index (χ0v) is 13.1. The highest BCUT2D eigenvalue weighted by molar-refractivity contribution is 5.84. The lowest BCUT2D eigenvalue weighted by molar-refractivity contribution is -0.384. The van der Waals surface area contributed by atoms with Crippen LogP contribution in [0, 0.1) is 10.1 Å². The number of nitro groups is 1. The maximum absolute atomic E-state index is 10.6. The Bertz CT molecular complexity index is 684. The summed E-state index contributed by atoms with van der Waals surface area (Å²) in [4.78, 5) is 10.2. The predicted octanol–water partition coefficient (Wildman–Crippen LogP) is 4.22. The van der Waals surface area contributed by atoms with E-state index in [1.807, 2.05) is 31.2 Å². The van der Waals surface area contributed by atoms with E-state index in [9.17, 15) is 10.1 Å². The first-order valence-electron chi connectivity index (χ1n) is 7.39. The molecule has 23 heavy (non-hydrogen) atoms. The number of benzene rings is 2. The average Bonchev–Trinajstić information content (AvgIpc) is 2.56. The number of non-ortho nitro benzene ring substituents is 1. The SMILES string of the molecule is CCC(C)Oc1ccccc1/C=N\Nc1ccc([N+](=O)[O-])cc1. The highest BCUT2D eigenvalue weighted by Crippen LogP contribution is 2.19. The quantitative estimate of drug-likeness (QED) is 0.472. The first kappa shape index (κ1) is 16.5. The fourth-order valence-electron chi connectivity index (χ4n) is 1.83. The van der Waals surface area contributed by atoms with Crippen molar-refractivity contribution in [3.8, 4) is 5.75 Å². The zero-order chi connectivity index (χ0) is 16.7. The first-order valence-corrected chi connectivity index (χ1v) is 7.39. The van der Waals surface area contributed by atoms with Crippen LogP contribution in [0.5, 0.6) is 5.75 Å². The van der Waals surface area contributed by atoms with Gasteiger partial charge in [0.1, 0.15) is 5.75 Å². The molecule has 0 radical (unpaired) electrons. The van der Waals surface area contributed by atoms with E-state index in [1.54, 1.807) is 18.3 Å². The van der Waals surface area contributed by atoms with Crippen LogP contribution in [0.15, 0.2) is 53.6 Å². The van der Waals surface area contributed by atoms with Gasteiger partial charge in [0, 0.05) is 17.7 Å². The van der Waals surface area contributed by atoms with Crippen molar-refractivity contribution in [3.63, 3.8) is 0 Å². The minimum absolute atomic E-state index is 0.0480. The molecule has 0 bridgehead atoms. The molecule has 2 aromatic rings. The van der Waals surface area contributed by atoms with Crippen LogP contribution in [0.3, 0.4) is 0 Å². The van der Waals surface area contributed by atoms with Crippen LogP contribution >= 0.6 is 0 Å². The monoisotopic (exact) mass is 313 g/mol. The minimum atomic E-state index is -0.435. The van der Waals surface area contributed by atoms with E-state index in [4.69, 9.17) is 4.74 Å². The largest absolute Gasteiger partial charge is 0.490 e. The number of hydrazone groups is 1. The molecule has 2 rings (SSSR count). The molecule has 1 atom stereocenters. The molecule has 2 aromatic carbocycles. The standard InChI is InChI=1S/C17H19N3O3/c1-3-13(2)23-17-7-5-4-6-14(17)12-18-19-15-8-10-16(11-9-15)20(21)22/h4-13,19H,3H2,1-2H3/b18-12-. The topological polar surface area (TPSA) is 76.8 Å². The van der Waals surface area contributed by atoms with Crippen LogP contribution in [0.4, 0.5) is 11.4 Å². The van der Waals surface area contributed by atoms with Crippen LogP contribution in [0.2, 0.25) is 0 Å². The summed E-state index contributed by atoms with van der Waals surface area (Å²) in [5, 5.41) is 14.8. The van der Waals surface area contributed by atoms with Crippen molar-refractivity contribution < 1.29 is 9.66 Å². The number of ether oxygens (including phenoxy) is 1. The second kappa shape index (κ2) is 7.93. The van der Waals surface area contributed by atoms with Crippen LogP contribution < -0.4 is 10.2 Å². The summed E-state index contributed by atoms with van der Waals surface area (Å²) < 4.78 is 5.85. The molecule has 0 aliphatic rings. The number of para-hydroxylation sites is 1. The van der Waals surface area contributed by atoms with E-state index < -0.39 is 4.92 Å². The lowest BCUT2D eigenvalue weighted by Gasteiger charge is -2.14. The smallest absolute Gasteiger partial charge is 0.269 e. The number of anilines is 1. The molecule has 0 fully saturated rings. The second-order valence-corrected chi connectivity index (χ2v) is 5.05. The minimum Gasteiger partial charge on any atom is -0.490 e. The molecule has 6 heteroatoms. The number of nitrogens with one attached hydrogen (secondary N) is 1. The summed E-state index contributed by atoms with van der Waals surface area (Å²) in [6.07, 6.45) is 2.72. The van der Waals surface area contributed by atoms with Crippen molar-refractivity contribution in [1.29, 1.82) is 0 Å². The van der Waals surface area contributed by atoms with Crippen LogP contribution in [0.25, 0.3) is 0 Å². The Balaban J connectivity index is 2.04. The summed E-state index contributed by atoms with van der Waals surface area (Å²) in [5.41, 5.74) is 4.43. The fourth-order valence-corrected chi connectivity index (χ4v) is 1.83. The van der Waals surface area contributed by atoms with E-state index in [2.05, 4.69) is 17.5 Å². The molecule has 0 spiro atoms. The Morgan fingerprint density at radius 1 is 1.26 bits per heavy atom.